The van der Waals surface area contributed by atoms with Crippen LogP contribution in [0.5, 0.6) is 0 Å². The van der Waals surface area contributed by atoms with Gasteiger partial charge in [-0.05, 0) is 72.5 Å². The third-order valence-corrected chi connectivity index (χ3v) is 7.49. The van der Waals surface area contributed by atoms with Crippen LogP contribution in [0, 0.1) is 0 Å². The van der Waals surface area contributed by atoms with Crippen LogP contribution in [0.15, 0.2) is 133 Å². The molecule has 0 radical (unpaired) electrons. The van der Waals surface area contributed by atoms with Gasteiger partial charge in [0, 0.05) is 24.8 Å². The molecular weight excluding hydrogens is 472 g/mol. The zero-order chi connectivity index (χ0) is 27.5. The van der Waals surface area contributed by atoms with Gasteiger partial charge in [-0.15, -0.1) is 0 Å². The topological polar surface area (TPSA) is 6.48 Å². The normalized spacial score (nSPS) is 15.4. The lowest BCUT2D eigenvalue weighted by Gasteiger charge is -2.26. The van der Waals surface area contributed by atoms with E-state index >= 15 is 0 Å². The fraction of sp³-hybridized carbons (Fsp3) is 0.243. The molecule has 39 heavy (non-hydrogen) atoms. The van der Waals surface area contributed by atoms with E-state index in [1.165, 1.54) is 39.1 Å². The van der Waals surface area contributed by atoms with Crippen molar-refractivity contribution in [1.29, 1.82) is 0 Å². The predicted octanol–water partition coefficient (Wildman–Crippen LogP) is 8.81. The van der Waals surface area contributed by atoms with Crippen LogP contribution in [0.1, 0.15) is 44.4 Å². The predicted molar refractivity (Wildman–Crippen MR) is 171 cm³/mol. The minimum atomic E-state index is 0.355. The number of allylic oxidation sites excluding steroid dienone is 7. The van der Waals surface area contributed by atoms with Crippen LogP contribution in [-0.4, -0.2) is 37.1 Å². The van der Waals surface area contributed by atoms with Crippen molar-refractivity contribution in [3.63, 3.8) is 0 Å². The summed E-state index contributed by atoms with van der Waals surface area (Å²) in [5.74, 6) is 0. The van der Waals surface area contributed by atoms with Crippen LogP contribution in [0.3, 0.4) is 0 Å². The van der Waals surface area contributed by atoms with Gasteiger partial charge in [-0.2, -0.15) is 0 Å². The quantitative estimate of drug-likeness (QED) is 0.236. The maximum absolute atomic E-state index is 2.46. The third kappa shape index (κ3) is 7.16. The zero-order valence-corrected chi connectivity index (χ0v) is 23.9. The van der Waals surface area contributed by atoms with Crippen molar-refractivity contribution in [3.05, 3.63) is 150 Å². The first kappa shape index (κ1) is 28.1. The van der Waals surface area contributed by atoms with Crippen molar-refractivity contribution >= 4 is 16.8 Å². The molecule has 0 saturated carbocycles. The lowest BCUT2D eigenvalue weighted by atomic mass is 9.94. The lowest BCUT2D eigenvalue weighted by molar-refractivity contribution is 0.287. The second-order valence-electron chi connectivity index (χ2n) is 9.69. The Balaban J connectivity index is 1.71. The number of likely N-dealkylation sites (N-methyl/N-ethyl adjacent to an activating group) is 1. The molecule has 2 heteroatoms. The summed E-state index contributed by atoms with van der Waals surface area (Å²) >= 11 is 0. The van der Waals surface area contributed by atoms with Gasteiger partial charge in [0.25, 0.3) is 0 Å². The minimum absolute atomic E-state index is 0.355. The van der Waals surface area contributed by atoms with E-state index in [0.29, 0.717) is 6.04 Å². The van der Waals surface area contributed by atoms with E-state index in [4.69, 9.17) is 0 Å². The first-order chi connectivity index (χ1) is 19.2. The molecule has 0 aliphatic heterocycles. The Kier molecular flexibility index (Phi) is 10.3. The molecule has 0 saturated heterocycles. The maximum Gasteiger partial charge on any atom is 0.0467 e. The van der Waals surface area contributed by atoms with E-state index in [0.717, 1.165) is 26.2 Å². The fourth-order valence-electron chi connectivity index (χ4n) is 5.23. The van der Waals surface area contributed by atoms with E-state index in [1.54, 1.807) is 0 Å². The van der Waals surface area contributed by atoms with E-state index < -0.39 is 0 Å². The standard InChI is InChI=1S/C37H42N2/c1-5-38(6-2)34-26-22-32(23-27-34)36(30-16-11-9-12-17-30)20-15-21-37(31-18-13-10-14-19-31)33-24-28-35(29-25-33)39(7-3)8-4/h9-29,34H,5-8H2,1-4H3. The third-order valence-electron chi connectivity index (χ3n) is 7.49. The molecule has 0 N–H and O–H groups in total. The average molecular weight is 515 g/mol. The molecule has 0 aromatic heterocycles. The Hall–Kier alpha value is -3.88. The molecule has 3 aromatic carbocycles. The molecule has 0 bridgehead atoms. The summed E-state index contributed by atoms with van der Waals surface area (Å²) in [6, 6.07) is 30.7. The molecule has 0 heterocycles. The van der Waals surface area contributed by atoms with Gasteiger partial charge in [0.2, 0.25) is 0 Å². The fourth-order valence-corrected chi connectivity index (χ4v) is 5.23. The van der Waals surface area contributed by atoms with Crippen LogP contribution in [-0.2, 0) is 0 Å². The summed E-state index contributed by atoms with van der Waals surface area (Å²) < 4.78 is 0. The van der Waals surface area contributed by atoms with Crippen LogP contribution >= 0.6 is 0 Å². The molecule has 3 aromatic rings. The van der Waals surface area contributed by atoms with Crippen molar-refractivity contribution < 1.29 is 0 Å². The highest BCUT2D eigenvalue weighted by molar-refractivity contribution is 5.84. The number of benzene rings is 3. The van der Waals surface area contributed by atoms with Gasteiger partial charge >= 0.3 is 0 Å². The van der Waals surface area contributed by atoms with Gasteiger partial charge in [0.15, 0.2) is 0 Å². The van der Waals surface area contributed by atoms with Crippen LogP contribution in [0.4, 0.5) is 5.69 Å². The Bertz CT molecular complexity index is 1300. The minimum Gasteiger partial charge on any atom is -0.372 e. The van der Waals surface area contributed by atoms with Crippen molar-refractivity contribution in [2.75, 3.05) is 31.1 Å². The molecule has 4 rings (SSSR count). The number of hydrogen-bond acceptors (Lipinski definition) is 2. The molecule has 0 spiro atoms. The van der Waals surface area contributed by atoms with Crippen molar-refractivity contribution in [2.45, 2.75) is 33.7 Å². The van der Waals surface area contributed by atoms with Gasteiger partial charge in [-0.25, -0.2) is 0 Å². The highest BCUT2D eigenvalue weighted by Gasteiger charge is 2.13. The first-order valence-corrected chi connectivity index (χ1v) is 14.4. The monoisotopic (exact) mass is 514 g/mol. The summed E-state index contributed by atoms with van der Waals surface area (Å²) in [6.45, 7) is 13.0. The van der Waals surface area contributed by atoms with Crippen LogP contribution in [0.2, 0.25) is 0 Å². The molecule has 200 valence electrons. The second kappa shape index (κ2) is 14.3. The number of hydrogen-bond donors (Lipinski definition) is 0. The van der Waals surface area contributed by atoms with Crippen molar-refractivity contribution in [1.82, 2.24) is 4.90 Å². The highest BCUT2D eigenvalue weighted by atomic mass is 15.1. The van der Waals surface area contributed by atoms with Crippen LogP contribution < -0.4 is 4.90 Å². The van der Waals surface area contributed by atoms with Gasteiger partial charge in [0.1, 0.15) is 0 Å². The Morgan fingerprint density at radius 1 is 0.641 bits per heavy atom. The Morgan fingerprint density at radius 3 is 1.72 bits per heavy atom. The summed E-state index contributed by atoms with van der Waals surface area (Å²) in [4.78, 5) is 4.84. The lowest BCUT2D eigenvalue weighted by Crippen LogP contribution is -2.32. The molecule has 0 amide bonds. The SMILES string of the molecule is CCN(CC)c1ccc(C(=CC=CC(=C2C=CC(N(CC)CC)C=C2)c2ccccc2)c2ccccc2)cc1. The van der Waals surface area contributed by atoms with E-state index in [2.05, 4.69) is 165 Å². The Labute approximate surface area is 236 Å². The highest BCUT2D eigenvalue weighted by Crippen LogP contribution is 2.28. The summed E-state index contributed by atoms with van der Waals surface area (Å²) in [5, 5.41) is 0. The zero-order valence-electron chi connectivity index (χ0n) is 23.9. The van der Waals surface area contributed by atoms with E-state index in [1.807, 2.05) is 0 Å². The number of anilines is 1. The van der Waals surface area contributed by atoms with Crippen LogP contribution in [0.25, 0.3) is 11.1 Å². The largest absolute Gasteiger partial charge is 0.372 e. The smallest absolute Gasteiger partial charge is 0.0467 e. The molecule has 2 nitrogen and oxygen atoms in total. The molecule has 0 atom stereocenters. The molecule has 0 unspecified atom stereocenters. The number of rotatable bonds is 11. The van der Waals surface area contributed by atoms with Gasteiger partial charge in [-0.3, -0.25) is 4.90 Å². The molecular formula is C37H42N2. The molecule has 1 aliphatic rings. The van der Waals surface area contributed by atoms with Gasteiger partial charge in [-0.1, -0.05) is 129 Å². The summed E-state index contributed by atoms with van der Waals surface area (Å²) in [7, 11) is 0. The average Bonchev–Trinajstić information content (AvgIpc) is 3.00. The van der Waals surface area contributed by atoms with Crippen molar-refractivity contribution in [3.8, 4) is 0 Å². The van der Waals surface area contributed by atoms with E-state index in [-0.39, 0.29) is 0 Å². The molecule has 1 aliphatic carbocycles. The van der Waals surface area contributed by atoms with Crippen molar-refractivity contribution in [2.24, 2.45) is 0 Å². The van der Waals surface area contributed by atoms with E-state index in [9.17, 15) is 0 Å². The summed E-state index contributed by atoms with van der Waals surface area (Å²) in [5.41, 5.74) is 8.59. The molecule has 0 fully saturated rings. The summed E-state index contributed by atoms with van der Waals surface area (Å²) in [6.07, 6.45) is 15.9. The maximum atomic E-state index is 2.46. The van der Waals surface area contributed by atoms with Gasteiger partial charge < -0.3 is 4.90 Å². The number of nitrogens with zero attached hydrogens (tertiary/aromatic N) is 2. The second-order valence-corrected chi connectivity index (χ2v) is 9.69. The van der Waals surface area contributed by atoms with Gasteiger partial charge in [0.05, 0.1) is 0 Å². The first-order valence-electron chi connectivity index (χ1n) is 14.4. The Morgan fingerprint density at radius 2 is 1.18 bits per heavy atom.